The summed E-state index contributed by atoms with van der Waals surface area (Å²) in [4.78, 5) is 20.4. The molecule has 7 heteroatoms. The van der Waals surface area contributed by atoms with Crippen molar-refractivity contribution in [2.24, 2.45) is 0 Å². The fraction of sp³-hybridized carbons (Fsp3) is 0.600. The Kier molecular flexibility index (Phi) is 6.21. The van der Waals surface area contributed by atoms with Gasteiger partial charge < -0.3 is 9.42 Å². The van der Waals surface area contributed by atoms with Crippen molar-refractivity contribution in [3.63, 3.8) is 0 Å². The third-order valence-electron chi connectivity index (χ3n) is 5.49. The molecule has 0 aromatic carbocycles. The Labute approximate surface area is 164 Å². The van der Waals surface area contributed by atoms with E-state index in [1.165, 1.54) is 12.8 Å². The third kappa shape index (κ3) is 4.97. The van der Waals surface area contributed by atoms with Crippen molar-refractivity contribution in [2.45, 2.75) is 32.2 Å². The number of piperazine rings is 1. The molecule has 2 aromatic heterocycles. The summed E-state index contributed by atoms with van der Waals surface area (Å²) in [5.41, 5.74) is 0.979. The van der Waals surface area contributed by atoms with Gasteiger partial charge in [-0.3, -0.25) is 14.6 Å². The number of carbonyl (C=O) groups excluding carboxylic acids is 1. The van der Waals surface area contributed by atoms with Crippen molar-refractivity contribution in [2.75, 3.05) is 45.8 Å². The number of rotatable bonds is 5. The van der Waals surface area contributed by atoms with Crippen molar-refractivity contribution in [3.05, 3.63) is 29.3 Å². The second kappa shape index (κ2) is 8.99. The minimum Gasteiger partial charge on any atom is -0.355 e. The highest BCUT2D eigenvalue weighted by atomic mass is 32.1. The summed E-state index contributed by atoms with van der Waals surface area (Å²) < 4.78 is 5.47. The Morgan fingerprint density at radius 3 is 2.48 bits per heavy atom. The van der Waals surface area contributed by atoms with Gasteiger partial charge in [0.1, 0.15) is 0 Å². The molecule has 0 unspecified atom stereocenters. The summed E-state index contributed by atoms with van der Waals surface area (Å²) in [5, 5.41) is 6.26. The zero-order valence-corrected chi connectivity index (χ0v) is 16.6. The summed E-state index contributed by atoms with van der Waals surface area (Å²) in [6.07, 6.45) is 4.84. The van der Waals surface area contributed by atoms with Gasteiger partial charge in [-0.25, -0.2) is 0 Å². The van der Waals surface area contributed by atoms with E-state index in [2.05, 4.69) is 25.9 Å². The monoisotopic (exact) mass is 388 g/mol. The average Bonchev–Trinajstić information content (AvgIpc) is 3.29. The molecule has 0 radical (unpaired) electrons. The van der Waals surface area contributed by atoms with Gasteiger partial charge in [-0.1, -0.05) is 24.1 Å². The van der Waals surface area contributed by atoms with Crippen LogP contribution in [0.1, 0.15) is 31.4 Å². The van der Waals surface area contributed by atoms with E-state index in [9.17, 15) is 4.79 Å². The maximum absolute atomic E-state index is 12.6. The Hall–Kier alpha value is -1.70. The summed E-state index contributed by atoms with van der Waals surface area (Å²) in [6.45, 7) is 7.07. The molecule has 6 nitrogen and oxygen atoms in total. The number of carbonyl (C=O) groups is 1. The molecule has 0 N–H and O–H groups in total. The maximum Gasteiger partial charge on any atom is 0.236 e. The van der Waals surface area contributed by atoms with E-state index in [-0.39, 0.29) is 0 Å². The van der Waals surface area contributed by atoms with Crippen LogP contribution < -0.4 is 0 Å². The molecule has 146 valence electrons. The zero-order chi connectivity index (χ0) is 18.5. The van der Waals surface area contributed by atoms with Crippen molar-refractivity contribution in [3.8, 4) is 10.6 Å². The molecule has 2 aliphatic rings. The maximum atomic E-state index is 12.6. The molecule has 4 heterocycles. The number of aromatic nitrogens is 1. The van der Waals surface area contributed by atoms with E-state index in [0.29, 0.717) is 12.5 Å². The van der Waals surface area contributed by atoms with Crippen molar-refractivity contribution >= 4 is 17.2 Å². The van der Waals surface area contributed by atoms with Crippen LogP contribution in [-0.2, 0) is 11.3 Å². The largest absolute Gasteiger partial charge is 0.355 e. The molecule has 2 aromatic rings. The molecule has 0 bridgehead atoms. The summed E-state index contributed by atoms with van der Waals surface area (Å²) >= 11 is 1.66. The SMILES string of the molecule is O=C(CN1CCN(Cc2cc(-c3cccs3)on2)CC1)N1CCCCCC1. The molecule has 27 heavy (non-hydrogen) atoms. The van der Waals surface area contributed by atoms with Gasteiger partial charge in [0.2, 0.25) is 5.91 Å². The van der Waals surface area contributed by atoms with Gasteiger partial charge in [0.05, 0.1) is 17.1 Å². The van der Waals surface area contributed by atoms with Crippen LogP contribution in [0.15, 0.2) is 28.1 Å². The van der Waals surface area contributed by atoms with Crippen LogP contribution in [0.25, 0.3) is 10.6 Å². The van der Waals surface area contributed by atoms with E-state index in [1.54, 1.807) is 11.3 Å². The fourth-order valence-corrected chi connectivity index (χ4v) is 4.54. The first-order chi connectivity index (χ1) is 13.3. The van der Waals surface area contributed by atoms with Crippen molar-refractivity contribution < 1.29 is 9.32 Å². The molecule has 2 fully saturated rings. The van der Waals surface area contributed by atoms with Gasteiger partial charge in [0, 0.05) is 51.9 Å². The third-order valence-corrected chi connectivity index (χ3v) is 6.38. The van der Waals surface area contributed by atoms with Crippen LogP contribution >= 0.6 is 11.3 Å². The van der Waals surface area contributed by atoms with Gasteiger partial charge in [-0.2, -0.15) is 0 Å². The van der Waals surface area contributed by atoms with Crippen LogP contribution in [0.4, 0.5) is 0 Å². The molecule has 2 aliphatic heterocycles. The van der Waals surface area contributed by atoms with Crippen LogP contribution in [0.3, 0.4) is 0 Å². The molecule has 0 atom stereocenters. The van der Waals surface area contributed by atoms with E-state index in [0.717, 1.165) is 75.0 Å². The molecule has 1 amide bonds. The van der Waals surface area contributed by atoms with Crippen LogP contribution in [-0.4, -0.2) is 71.6 Å². The lowest BCUT2D eigenvalue weighted by Gasteiger charge is -2.34. The number of hydrogen-bond acceptors (Lipinski definition) is 6. The molecular formula is C20H28N4O2S. The summed E-state index contributed by atoms with van der Waals surface area (Å²) in [5.74, 6) is 1.16. The van der Waals surface area contributed by atoms with Crippen LogP contribution in [0, 0.1) is 0 Å². The second-order valence-corrected chi connectivity index (χ2v) is 8.45. The van der Waals surface area contributed by atoms with Gasteiger partial charge in [0.25, 0.3) is 0 Å². The van der Waals surface area contributed by atoms with E-state index in [1.807, 2.05) is 17.5 Å². The Morgan fingerprint density at radius 1 is 1.04 bits per heavy atom. The van der Waals surface area contributed by atoms with Gasteiger partial charge in [-0.05, 0) is 24.3 Å². The van der Waals surface area contributed by atoms with Crippen LogP contribution in [0.2, 0.25) is 0 Å². The Morgan fingerprint density at radius 2 is 1.78 bits per heavy atom. The average molecular weight is 389 g/mol. The Balaban J connectivity index is 1.22. The number of hydrogen-bond donors (Lipinski definition) is 0. The molecule has 4 rings (SSSR count). The van der Waals surface area contributed by atoms with Crippen molar-refractivity contribution in [1.29, 1.82) is 0 Å². The topological polar surface area (TPSA) is 52.8 Å². The highest BCUT2D eigenvalue weighted by Gasteiger charge is 2.23. The predicted octanol–water partition coefficient (Wildman–Crippen LogP) is 2.92. The molecular weight excluding hydrogens is 360 g/mol. The van der Waals surface area contributed by atoms with E-state index < -0.39 is 0 Å². The van der Waals surface area contributed by atoms with Crippen molar-refractivity contribution in [1.82, 2.24) is 19.9 Å². The van der Waals surface area contributed by atoms with Gasteiger partial charge >= 0.3 is 0 Å². The number of amides is 1. The standard InChI is InChI=1S/C20H28N4O2S/c25-20(24-7-3-1-2-4-8-24)16-23-11-9-22(10-12-23)15-17-14-18(26-21-17)19-6-5-13-27-19/h5-6,13-14H,1-4,7-12,15-16H2. The zero-order valence-electron chi connectivity index (χ0n) is 15.8. The molecule has 0 spiro atoms. The smallest absolute Gasteiger partial charge is 0.236 e. The lowest BCUT2D eigenvalue weighted by molar-refractivity contribution is -0.132. The molecule has 0 saturated carbocycles. The Bertz CT molecular complexity index is 714. The second-order valence-electron chi connectivity index (χ2n) is 7.51. The highest BCUT2D eigenvalue weighted by Crippen LogP contribution is 2.25. The summed E-state index contributed by atoms with van der Waals surface area (Å²) in [6, 6.07) is 6.12. The first kappa shape index (κ1) is 18.7. The summed E-state index contributed by atoms with van der Waals surface area (Å²) in [7, 11) is 0. The normalized spacial score (nSPS) is 19.9. The minimum absolute atomic E-state index is 0.308. The number of nitrogens with zero attached hydrogens (tertiary/aromatic N) is 4. The van der Waals surface area contributed by atoms with Crippen LogP contribution in [0.5, 0.6) is 0 Å². The van der Waals surface area contributed by atoms with Gasteiger partial charge in [0.15, 0.2) is 5.76 Å². The first-order valence-corrected chi connectivity index (χ1v) is 10.9. The van der Waals surface area contributed by atoms with Gasteiger partial charge in [-0.15, -0.1) is 11.3 Å². The first-order valence-electron chi connectivity index (χ1n) is 10.00. The lowest BCUT2D eigenvalue weighted by atomic mass is 10.2. The highest BCUT2D eigenvalue weighted by molar-refractivity contribution is 7.13. The van der Waals surface area contributed by atoms with E-state index in [4.69, 9.17) is 4.52 Å². The molecule has 0 aliphatic carbocycles. The predicted molar refractivity (Wildman–Crippen MR) is 107 cm³/mol. The lowest BCUT2D eigenvalue weighted by Crippen LogP contribution is -2.49. The minimum atomic E-state index is 0.308. The van der Waals surface area contributed by atoms with E-state index >= 15 is 0 Å². The quantitative estimate of drug-likeness (QED) is 0.788. The number of thiophene rings is 1. The number of likely N-dealkylation sites (tertiary alicyclic amines) is 1. The molecule has 2 saturated heterocycles. The fourth-order valence-electron chi connectivity index (χ4n) is 3.87.